The molecule has 0 aliphatic carbocycles. The van der Waals surface area contributed by atoms with Crippen molar-refractivity contribution in [1.82, 2.24) is 9.55 Å². The number of fused-ring (bicyclic) bond motifs is 1. The lowest BCUT2D eigenvalue weighted by atomic mass is 10.2. The summed E-state index contributed by atoms with van der Waals surface area (Å²) < 4.78 is 6.28. The largest absolute Gasteiger partial charge is 0.464 e. The van der Waals surface area contributed by atoms with Gasteiger partial charge in [0.2, 0.25) is 0 Å². The van der Waals surface area contributed by atoms with Crippen LogP contribution in [0.2, 0.25) is 0 Å². The molecule has 2 aromatic heterocycles. The Labute approximate surface area is 114 Å². The van der Waals surface area contributed by atoms with E-state index in [0.717, 1.165) is 21.7 Å². The summed E-state index contributed by atoms with van der Waals surface area (Å²) in [7, 11) is 0. The zero-order valence-corrected chi connectivity index (χ0v) is 12.0. The van der Waals surface area contributed by atoms with Gasteiger partial charge in [-0.3, -0.25) is 14.2 Å². The van der Waals surface area contributed by atoms with Gasteiger partial charge in [0, 0.05) is 4.88 Å². The summed E-state index contributed by atoms with van der Waals surface area (Å²) in [4.78, 5) is 29.9. The molecule has 0 fully saturated rings. The molecule has 0 unspecified atom stereocenters. The van der Waals surface area contributed by atoms with Crippen LogP contribution >= 0.6 is 11.3 Å². The summed E-state index contributed by atoms with van der Waals surface area (Å²) in [5.74, 6) is -0.408. The molecule has 0 aliphatic rings. The number of ether oxygens (including phenoxy) is 1. The van der Waals surface area contributed by atoms with Crippen molar-refractivity contribution in [3.05, 3.63) is 27.1 Å². The number of thiophene rings is 1. The Morgan fingerprint density at radius 1 is 1.47 bits per heavy atom. The lowest BCUT2D eigenvalue weighted by Gasteiger charge is -2.05. The molecule has 0 aromatic carbocycles. The minimum absolute atomic E-state index is 0.0872. The van der Waals surface area contributed by atoms with Crippen LogP contribution in [0, 0.1) is 13.8 Å². The molecule has 6 heteroatoms. The number of carbonyl (C=O) groups excluding carboxylic acids is 1. The van der Waals surface area contributed by atoms with Gasteiger partial charge in [-0.05, 0) is 25.8 Å². The molecule has 19 heavy (non-hydrogen) atoms. The maximum Gasteiger partial charge on any atom is 0.326 e. The molecule has 2 heterocycles. The molecule has 5 nitrogen and oxygen atoms in total. The summed E-state index contributed by atoms with van der Waals surface area (Å²) in [6.07, 6.45) is 2.17. The molecule has 0 saturated heterocycles. The van der Waals surface area contributed by atoms with E-state index >= 15 is 0 Å². The first-order valence-electron chi connectivity index (χ1n) is 6.15. The molecule has 0 N–H and O–H groups in total. The van der Waals surface area contributed by atoms with Crippen molar-refractivity contribution in [2.24, 2.45) is 0 Å². The highest BCUT2D eigenvalue weighted by atomic mass is 32.1. The fourth-order valence-corrected chi connectivity index (χ4v) is 2.77. The second-order valence-corrected chi connectivity index (χ2v) is 5.56. The summed E-state index contributed by atoms with van der Waals surface area (Å²) in [5.41, 5.74) is 0.758. The van der Waals surface area contributed by atoms with Crippen LogP contribution in [-0.2, 0) is 16.1 Å². The summed E-state index contributed by atoms with van der Waals surface area (Å²) >= 11 is 1.49. The first kappa shape index (κ1) is 13.7. The van der Waals surface area contributed by atoms with E-state index in [9.17, 15) is 9.59 Å². The molecule has 0 bridgehead atoms. The number of aryl methyl sites for hydroxylation is 2. The van der Waals surface area contributed by atoms with E-state index in [1.807, 2.05) is 20.8 Å². The van der Waals surface area contributed by atoms with E-state index in [0.29, 0.717) is 12.0 Å². The number of nitrogens with zero attached hydrogens (tertiary/aromatic N) is 2. The van der Waals surface area contributed by atoms with Crippen molar-refractivity contribution in [3.63, 3.8) is 0 Å². The Bertz CT molecular complexity index is 672. The van der Waals surface area contributed by atoms with Crippen LogP contribution < -0.4 is 5.56 Å². The van der Waals surface area contributed by atoms with E-state index in [4.69, 9.17) is 4.74 Å². The molecule has 0 amide bonds. The molecule has 0 radical (unpaired) electrons. The molecular formula is C13H16N2O3S. The van der Waals surface area contributed by atoms with E-state index in [2.05, 4.69) is 4.98 Å². The summed E-state index contributed by atoms with van der Waals surface area (Å²) in [6.45, 7) is 6.07. The van der Waals surface area contributed by atoms with Gasteiger partial charge in [-0.25, -0.2) is 4.98 Å². The molecule has 0 aliphatic heterocycles. The monoisotopic (exact) mass is 280 g/mol. The highest BCUT2D eigenvalue weighted by Crippen LogP contribution is 2.25. The number of hydrogen-bond acceptors (Lipinski definition) is 5. The average molecular weight is 280 g/mol. The predicted octanol–water partition coefficient (Wildman–Crippen LogP) is 2.03. The Balaban J connectivity index is 2.35. The molecule has 2 rings (SSSR count). The minimum Gasteiger partial charge on any atom is -0.464 e. The van der Waals surface area contributed by atoms with Gasteiger partial charge in [0.05, 0.1) is 18.3 Å². The normalized spacial score (nSPS) is 10.9. The van der Waals surface area contributed by atoms with Crippen LogP contribution in [-0.4, -0.2) is 22.1 Å². The maximum absolute atomic E-state index is 12.3. The van der Waals surface area contributed by atoms with Crippen LogP contribution in [0.25, 0.3) is 10.2 Å². The predicted molar refractivity (Wildman–Crippen MR) is 74.6 cm³/mol. The average Bonchev–Trinajstić information content (AvgIpc) is 2.67. The number of rotatable bonds is 4. The van der Waals surface area contributed by atoms with E-state index in [1.54, 1.807) is 0 Å². The molecule has 0 spiro atoms. The highest BCUT2D eigenvalue weighted by molar-refractivity contribution is 7.18. The van der Waals surface area contributed by atoms with Crippen molar-refractivity contribution in [2.75, 3.05) is 6.61 Å². The third-order valence-corrected chi connectivity index (χ3v) is 4.04. The number of hydrogen-bond donors (Lipinski definition) is 0. The van der Waals surface area contributed by atoms with Crippen LogP contribution in [0.3, 0.4) is 0 Å². The van der Waals surface area contributed by atoms with Gasteiger partial charge in [-0.2, -0.15) is 0 Å². The molecule has 0 saturated carbocycles. The van der Waals surface area contributed by atoms with E-state index in [-0.39, 0.29) is 12.1 Å². The van der Waals surface area contributed by atoms with Gasteiger partial charge in [0.15, 0.2) is 0 Å². The first-order valence-corrected chi connectivity index (χ1v) is 6.97. The molecule has 0 atom stereocenters. The van der Waals surface area contributed by atoms with Crippen LogP contribution in [0.4, 0.5) is 0 Å². The lowest BCUT2D eigenvalue weighted by Crippen LogP contribution is -2.25. The van der Waals surface area contributed by atoms with Crippen LogP contribution in [0.5, 0.6) is 0 Å². The van der Waals surface area contributed by atoms with E-state index < -0.39 is 5.97 Å². The summed E-state index contributed by atoms with van der Waals surface area (Å²) in [5, 5.41) is 0.605. The quantitative estimate of drug-likeness (QED) is 0.804. The SMILES string of the molecule is CCCOC(=O)Cn1cnc2sc(C)c(C)c2c1=O. The number of esters is 1. The fourth-order valence-electron chi connectivity index (χ4n) is 1.78. The summed E-state index contributed by atoms with van der Waals surface area (Å²) in [6, 6.07) is 0. The van der Waals surface area contributed by atoms with Gasteiger partial charge in [-0.1, -0.05) is 6.92 Å². The standard InChI is InChI=1S/C13H16N2O3S/c1-4-5-18-10(16)6-15-7-14-12-11(13(15)17)8(2)9(3)19-12/h7H,4-6H2,1-3H3. The number of carbonyl (C=O) groups is 1. The Kier molecular flexibility index (Phi) is 3.99. The van der Waals surface area contributed by atoms with Gasteiger partial charge in [0.25, 0.3) is 5.56 Å². The Hall–Kier alpha value is -1.69. The minimum atomic E-state index is -0.408. The number of aromatic nitrogens is 2. The van der Waals surface area contributed by atoms with Crippen LogP contribution in [0.1, 0.15) is 23.8 Å². The maximum atomic E-state index is 12.3. The van der Waals surface area contributed by atoms with Crippen molar-refractivity contribution in [1.29, 1.82) is 0 Å². The van der Waals surface area contributed by atoms with Gasteiger partial charge in [0.1, 0.15) is 11.4 Å². The Morgan fingerprint density at radius 3 is 2.89 bits per heavy atom. The Morgan fingerprint density at radius 2 is 2.21 bits per heavy atom. The van der Waals surface area contributed by atoms with E-state index in [1.165, 1.54) is 22.2 Å². The zero-order valence-electron chi connectivity index (χ0n) is 11.2. The zero-order chi connectivity index (χ0) is 14.0. The third-order valence-electron chi connectivity index (χ3n) is 2.92. The molecule has 102 valence electrons. The smallest absolute Gasteiger partial charge is 0.326 e. The van der Waals surface area contributed by atoms with Crippen molar-refractivity contribution >= 4 is 27.5 Å². The fraction of sp³-hybridized carbons (Fsp3) is 0.462. The van der Waals surface area contributed by atoms with Gasteiger partial charge < -0.3 is 4.74 Å². The van der Waals surface area contributed by atoms with Gasteiger partial charge >= 0.3 is 5.97 Å². The van der Waals surface area contributed by atoms with Gasteiger partial charge in [-0.15, -0.1) is 11.3 Å². The van der Waals surface area contributed by atoms with Crippen molar-refractivity contribution in [2.45, 2.75) is 33.7 Å². The lowest BCUT2D eigenvalue weighted by molar-refractivity contribution is -0.144. The molecular weight excluding hydrogens is 264 g/mol. The first-order chi connectivity index (χ1) is 9.04. The van der Waals surface area contributed by atoms with Crippen LogP contribution in [0.15, 0.2) is 11.1 Å². The topological polar surface area (TPSA) is 61.2 Å². The third kappa shape index (κ3) is 2.68. The molecule has 2 aromatic rings. The second-order valence-electron chi connectivity index (χ2n) is 4.36. The second kappa shape index (κ2) is 5.52. The highest BCUT2D eigenvalue weighted by Gasteiger charge is 2.13. The van der Waals surface area contributed by atoms with Crippen molar-refractivity contribution < 1.29 is 9.53 Å². The van der Waals surface area contributed by atoms with Crippen molar-refractivity contribution in [3.8, 4) is 0 Å².